The lowest BCUT2D eigenvalue weighted by atomic mass is 10.1. The molecule has 0 aliphatic rings. The van der Waals surface area contributed by atoms with Gasteiger partial charge in [0.25, 0.3) is 0 Å². The monoisotopic (exact) mass is 337 g/mol. The molecule has 0 unspecified atom stereocenters. The van der Waals surface area contributed by atoms with Gasteiger partial charge in [0.15, 0.2) is 17.1 Å². The molecule has 1 aromatic carbocycles. The minimum absolute atomic E-state index is 0.680. The van der Waals surface area contributed by atoms with E-state index in [0.717, 1.165) is 27.5 Å². The fourth-order valence-electron chi connectivity index (χ4n) is 2.62. The molecule has 0 aliphatic heterocycles. The average Bonchev–Trinajstić information content (AvgIpc) is 3.30. The van der Waals surface area contributed by atoms with Crippen LogP contribution in [0, 0.1) is 0 Å². The second-order valence-corrected chi connectivity index (χ2v) is 6.13. The number of thiophene rings is 1. The van der Waals surface area contributed by atoms with Gasteiger partial charge in [-0.15, -0.1) is 11.3 Å². The standard InChI is InChI=1S/C18H15N3O2S/c1-22-15-7-5-12(10-16(15)23-2)14-11-19-18-8-6-13(20-21(14)18)17-4-3-9-24-17/h3-11H,1-2H3. The molecule has 0 atom stereocenters. The molecule has 0 fully saturated rings. The van der Waals surface area contributed by atoms with E-state index in [9.17, 15) is 0 Å². The third kappa shape index (κ3) is 2.41. The van der Waals surface area contributed by atoms with Crippen molar-refractivity contribution in [2.75, 3.05) is 14.2 Å². The number of hydrogen-bond donors (Lipinski definition) is 0. The van der Waals surface area contributed by atoms with Crippen LogP contribution in [0.4, 0.5) is 0 Å². The molecule has 0 N–H and O–H groups in total. The second kappa shape index (κ2) is 5.98. The molecule has 0 spiro atoms. The lowest BCUT2D eigenvalue weighted by molar-refractivity contribution is 0.355. The first-order valence-electron chi connectivity index (χ1n) is 7.41. The molecule has 5 nitrogen and oxygen atoms in total. The van der Waals surface area contributed by atoms with Crippen molar-refractivity contribution in [3.05, 3.63) is 54.0 Å². The summed E-state index contributed by atoms with van der Waals surface area (Å²) in [7, 11) is 3.25. The van der Waals surface area contributed by atoms with E-state index < -0.39 is 0 Å². The third-order valence-corrected chi connectivity index (χ3v) is 4.71. The molecule has 0 bridgehead atoms. The van der Waals surface area contributed by atoms with Crippen LogP contribution in [-0.2, 0) is 0 Å². The molecule has 0 amide bonds. The minimum atomic E-state index is 0.680. The molecule has 24 heavy (non-hydrogen) atoms. The Kier molecular flexibility index (Phi) is 3.66. The summed E-state index contributed by atoms with van der Waals surface area (Å²) in [5.74, 6) is 1.38. The molecule has 3 aromatic heterocycles. The number of methoxy groups -OCH3 is 2. The summed E-state index contributed by atoms with van der Waals surface area (Å²) in [5.41, 5.74) is 3.61. The first-order chi connectivity index (χ1) is 11.8. The zero-order chi connectivity index (χ0) is 16.5. The number of imidazole rings is 1. The maximum atomic E-state index is 5.40. The van der Waals surface area contributed by atoms with Crippen molar-refractivity contribution < 1.29 is 9.47 Å². The van der Waals surface area contributed by atoms with E-state index >= 15 is 0 Å². The predicted molar refractivity (Wildman–Crippen MR) is 94.8 cm³/mol. The van der Waals surface area contributed by atoms with E-state index in [1.54, 1.807) is 25.6 Å². The van der Waals surface area contributed by atoms with Crippen molar-refractivity contribution in [1.82, 2.24) is 14.6 Å². The van der Waals surface area contributed by atoms with Gasteiger partial charge in [0, 0.05) is 5.56 Å². The van der Waals surface area contributed by atoms with Gasteiger partial charge in [0.2, 0.25) is 0 Å². The topological polar surface area (TPSA) is 48.7 Å². The molecule has 3 heterocycles. The zero-order valence-corrected chi connectivity index (χ0v) is 14.1. The van der Waals surface area contributed by atoms with E-state index in [-0.39, 0.29) is 0 Å². The summed E-state index contributed by atoms with van der Waals surface area (Å²) in [5, 5.41) is 6.79. The molecule has 0 aliphatic carbocycles. The Morgan fingerprint density at radius 3 is 2.62 bits per heavy atom. The zero-order valence-electron chi connectivity index (χ0n) is 13.3. The molecule has 0 saturated carbocycles. The fraction of sp³-hybridized carbons (Fsp3) is 0.111. The van der Waals surface area contributed by atoms with Crippen molar-refractivity contribution in [1.29, 1.82) is 0 Å². The largest absolute Gasteiger partial charge is 0.493 e. The molecular formula is C18H15N3O2S. The lowest BCUT2D eigenvalue weighted by Crippen LogP contribution is -1.97. The summed E-state index contributed by atoms with van der Waals surface area (Å²) in [6, 6.07) is 13.8. The van der Waals surface area contributed by atoms with Gasteiger partial charge in [0.1, 0.15) is 5.69 Å². The van der Waals surface area contributed by atoms with Crippen LogP contribution < -0.4 is 9.47 Å². The summed E-state index contributed by atoms with van der Waals surface area (Å²) in [6.45, 7) is 0. The van der Waals surface area contributed by atoms with Crippen molar-refractivity contribution in [2.24, 2.45) is 0 Å². The smallest absolute Gasteiger partial charge is 0.161 e. The molecule has 6 heteroatoms. The number of hydrogen-bond acceptors (Lipinski definition) is 5. The van der Waals surface area contributed by atoms with Gasteiger partial charge in [0.05, 0.1) is 31.0 Å². The van der Waals surface area contributed by atoms with E-state index in [1.165, 1.54) is 0 Å². The van der Waals surface area contributed by atoms with E-state index in [0.29, 0.717) is 11.5 Å². The summed E-state index contributed by atoms with van der Waals surface area (Å²) < 4.78 is 12.6. The highest BCUT2D eigenvalue weighted by molar-refractivity contribution is 7.13. The Hall–Kier alpha value is -2.86. The van der Waals surface area contributed by atoms with E-state index in [4.69, 9.17) is 14.6 Å². The Bertz CT molecular complexity index is 993. The van der Waals surface area contributed by atoms with Gasteiger partial charge in [-0.05, 0) is 41.8 Å². The van der Waals surface area contributed by atoms with Gasteiger partial charge in [-0.2, -0.15) is 5.10 Å². The number of fused-ring (bicyclic) bond motifs is 1. The van der Waals surface area contributed by atoms with Crippen LogP contribution in [0.3, 0.4) is 0 Å². The van der Waals surface area contributed by atoms with Gasteiger partial charge in [-0.25, -0.2) is 9.50 Å². The van der Waals surface area contributed by atoms with Crippen LogP contribution in [-0.4, -0.2) is 28.8 Å². The van der Waals surface area contributed by atoms with E-state index in [2.05, 4.69) is 11.1 Å². The number of nitrogens with zero attached hydrogens (tertiary/aromatic N) is 3. The highest BCUT2D eigenvalue weighted by atomic mass is 32.1. The third-order valence-electron chi connectivity index (χ3n) is 3.82. The summed E-state index contributed by atoms with van der Waals surface area (Å²) >= 11 is 1.67. The lowest BCUT2D eigenvalue weighted by Gasteiger charge is -2.09. The highest BCUT2D eigenvalue weighted by Crippen LogP contribution is 2.32. The molecule has 0 saturated heterocycles. The van der Waals surface area contributed by atoms with Crippen LogP contribution in [0.2, 0.25) is 0 Å². The van der Waals surface area contributed by atoms with Crippen LogP contribution >= 0.6 is 11.3 Å². The van der Waals surface area contributed by atoms with Crippen LogP contribution in [0.25, 0.3) is 27.5 Å². The first-order valence-corrected chi connectivity index (χ1v) is 8.29. The van der Waals surface area contributed by atoms with Crippen molar-refractivity contribution in [3.63, 3.8) is 0 Å². The molecule has 4 aromatic rings. The van der Waals surface area contributed by atoms with E-state index in [1.807, 2.05) is 52.5 Å². The fourth-order valence-corrected chi connectivity index (χ4v) is 3.31. The van der Waals surface area contributed by atoms with Gasteiger partial charge >= 0.3 is 0 Å². The molecule has 120 valence electrons. The Balaban J connectivity index is 1.86. The maximum Gasteiger partial charge on any atom is 0.161 e. The van der Waals surface area contributed by atoms with Gasteiger partial charge in [-0.3, -0.25) is 0 Å². The average molecular weight is 337 g/mol. The molecular weight excluding hydrogens is 322 g/mol. The number of aromatic nitrogens is 3. The normalized spacial score (nSPS) is 10.9. The summed E-state index contributed by atoms with van der Waals surface area (Å²) in [4.78, 5) is 5.58. The van der Waals surface area contributed by atoms with Crippen molar-refractivity contribution in [2.45, 2.75) is 0 Å². The minimum Gasteiger partial charge on any atom is -0.493 e. The highest BCUT2D eigenvalue weighted by Gasteiger charge is 2.12. The molecule has 0 radical (unpaired) electrons. The van der Waals surface area contributed by atoms with Gasteiger partial charge < -0.3 is 9.47 Å². The summed E-state index contributed by atoms with van der Waals surface area (Å²) in [6.07, 6.45) is 1.82. The Morgan fingerprint density at radius 2 is 1.88 bits per heavy atom. The van der Waals surface area contributed by atoms with Crippen LogP contribution in [0.5, 0.6) is 11.5 Å². The Labute approximate surface area is 143 Å². The van der Waals surface area contributed by atoms with Crippen LogP contribution in [0.1, 0.15) is 0 Å². The SMILES string of the molecule is COc1ccc(-c2cnc3ccc(-c4cccs4)nn23)cc1OC. The van der Waals surface area contributed by atoms with Crippen molar-refractivity contribution >= 4 is 17.0 Å². The van der Waals surface area contributed by atoms with Crippen LogP contribution in [0.15, 0.2) is 54.0 Å². The number of rotatable bonds is 4. The molecule has 4 rings (SSSR count). The first kappa shape index (κ1) is 14.7. The Morgan fingerprint density at radius 1 is 1.00 bits per heavy atom. The quantitative estimate of drug-likeness (QED) is 0.561. The maximum absolute atomic E-state index is 5.40. The second-order valence-electron chi connectivity index (χ2n) is 5.18. The van der Waals surface area contributed by atoms with Gasteiger partial charge in [-0.1, -0.05) is 6.07 Å². The predicted octanol–water partition coefficient (Wildman–Crippen LogP) is 4.14. The number of benzene rings is 1. The number of ether oxygens (including phenoxy) is 2. The van der Waals surface area contributed by atoms with Crippen molar-refractivity contribution in [3.8, 4) is 33.3 Å².